The average molecular weight is 417 g/mol. The molecule has 1 aromatic heterocycles. The van der Waals surface area contributed by atoms with Gasteiger partial charge in [0.1, 0.15) is 0 Å². The summed E-state index contributed by atoms with van der Waals surface area (Å²) in [7, 11) is 0. The van der Waals surface area contributed by atoms with Gasteiger partial charge in [-0.15, -0.1) is 10.2 Å². The van der Waals surface area contributed by atoms with E-state index in [-0.39, 0.29) is 29.6 Å². The fourth-order valence-corrected chi connectivity index (χ4v) is 4.41. The van der Waals surface area contributed by atoms with Crippen molar-refractivity contribution in [2.75, 3.05) is 13.1 Å². The number of benzene rings is 1. The summed E-state index contributed by atoms with van der Waals surface area (Å²) in [6.45, 7) is 1.07. The minimum Gasteiger partial charge on any atom is -0.424 e. The van der Waals surface area contributed by atoms with Gasteiger partial charge in [0.2, 0.25) is 23.6 Å². The molecular weight excluding hydrogens is 392 g/mol. The number of nitrogens with two attached hydrogens (primary N) is 1. The van der Waals surface area contributed by atoms with E-state index >= 15 is 0 Å². The minimum atomic E-state index is -0.336. The molecule has 154 valence electrons. The minimum absolute atomic E-state index is 0.00763. The van der Waals surface area contributed by atoms with Gasteiger partial charge in [-0.2, -0.15) is 0 Å². The van der Waals surface area contributed by atoms with Crippen molar-refractivity contribution in [3.63, 3.8) is 0 Å². The molecule has 0 radical (unpaired) electrons. The lowest BCUT2D eigenvalue weighted by atomic mass is 9.64. The molecule has 0 spiro atoms. The monoisotopic (exact) mass is 416 g/mol. The highest BCUT2D eigenvalue weighted by atomic mass is 35.5. The van der Waals surface area contributed by atoms with Crippen LogP contribution in [0.15, 0.2) is 28.7 Å². The predicted octanol–water partition coefficient (Wildman–Crippen LogP) is 2.85. The van der Waals surface area contributed by atoms with Crippen molar-refractivity contribution in [2.45, 2.75) is 50.4 Å². The molecule has 0 bridgehead atoms. The van der Waals surface area contributed by atoms with Crippen molar-refractivity contribution in [3.05, 3.63) is 46.6 Å². The molecule has 1 aliphatic carbocycles. The van der Waals surface area contributed by atoms with Crippen molar-refractivity contribution < 1.29 is 14.0 Å². The van der Waals surface area contributed by atoms with Crippen LogP contribution in [0.3, 0.4) is 0 Å². The normalized spacial score (nSPS) is 20.9. The molecule has 7 nitrogen and oxygen atoms in total. The zero-order valence-corrected chi connectivity index (χ0v) is 17.0. The summed E-state index contributed by atoms with van der Waals surface area (Å²) < 4.78 is 5.97. The Kier molecular flexibility index (Phi) is 5.58. The summed E-state index contributed by atoms with van der Waals surface area (Å²) in [5, 5.41) is 9.18. The third-order valence-electron chi connectivity index (χ3n) is 6.21. The van der Waals surface area contributed by atoms with Crippen molar-refractivity contribution in [2.24, 2.45) is 11.7 Å². The van der Waals surface area contributed by atoms with Gasteiger partial charge in [-0.05, 0) is 43.4 Å². The molecule has 1 aliphatic heterocycles. The van der Waals surface area contributed by atoms with E-state index in [2.05, 4.69) is 10.2 Å². The van der Waals surface area contributed by atoms with Gasteiger partial charge in [0, 0.05) is 31.0 Å². The first-order chi connectivity index (χ1) is 14.0. The van der Waals surface area contributed by atoms with Crippen LogP contribution in [-0.2, 0) is 21.4 Å². The van der Waals surface area contributed by atoms with Crippen molar-refractivity contribution in [1.82, 2.24) is 15.1 Å². The Morgan fingerprint density at radius 1 is 1.21 bits per heavy atom. The number of hydrogen-bond donors (Lipinski definition) is 1. The lowest BCUT2D eigenvalue weighted by Gasteiger charge is -2.39. The van der Waals surface area contributed by atoms with E-state index in [1.165, 1.54) is 0 Å². The van der Waals surface area contributed by atoms with Gasteiger partial charge in [-0.25, -0.2) is 0 Å². The molecular formula is C21H25ClN4O3. The van der Waals surface area contributed by atoms with Crippen LogP contribution in [-0.4, -0.2) is 40.0 Å². The maximum absolute atomic E-state index is 12.5. The van der Waals surface area contributed by atoms with Gasteiger partial charge in [0.05, 0.1) is 11.3 Å². The molecule has 1 atom stereocenters. The van der Waals surface area contributed by atoms with E-state index in [1.54, 1.807) is 4.90 Å². The zero-order chi connectivity index (χ0) is 20.4. The highest BCUT2D eigenvalue weighted by molar-refractivity contribution is 6.30. The lowest BCUT2D eigenvalue weighted by Crippen LogP contribution is -2.44. The number of nitrogens with zero attached hydrogens (tertiary/aromatic N) is 3. The van der Waals surface area contributed by atoms with Crippen LogP contribution in [0.25, 0.3) is 0 Å². The molecule has 2 N–H and O–H groups in total. The number of hydrogen-bond acceptors (Lipinski definition) is 5. The number of primary amides is 1. The standard InChI is InChI=1S/C21H25ClN4O3/c22-16-6-4-15(5-7-16)21(10-2-11-21)20-25-24-17(29-20)8-9-18(27)26-12-1-3-14(13-26)19(23)28/h4-7,14H,1-3,8-13H2,(H2,23,28)/t14-/m1/s1. The SMILES string of the molecule is NC(=O)[C@@H]1CCCN(C(=O)CCc2nnc(C3(c4ccc(Cl)cc4)CCC3)o2)C1. The largest absolute Gasteiger partial charge is 0.424 e. The van der Waals surface area contributed by atoms with Crippen molar-refractivity contribution >= 4 is 23.4 Å². The molecule has 0 unspecified atom stereocenters. The number of likely N-dealkylation sites (tertiary alicyclic amines) is 1. The summed E-state index contributed by atoms with van der Waals surface area (Å²) in [5.41, 5.74) is 6.28. The van der Waals surface area contributed by atoms with E-state index in [1.807, 2.05) is 24.3 Å². The lowest BCUT2D eigenvalue weighted by molar-refractivity contribution is -0.135. The quantitative estimate of drug-likeness (QED) is 0.779. The Hall–Kier alpha value is -2.41. The Morgan fingerprint density at radius 2 is 1.97 bits per heavy atom. The highest BCUT2D eigenvalue weighted by Crippen LogP contribution is 2.48. The summed E-state index contributed by atoms with van der Waals surface area (Å²) in [6, 6.07) is 7.79. The predicted molar refractivity (Wildman–Crippen MR) is 107 cm³/mol. The molecule has 4 rings (SSSR count). The molecule has 8 heteroatoms. The maximum Gasteiger partial charge on any atom is 0.227 e. The van der Waals surface area contributed by atoms with Gasteiger partial charge in [-0.1, -0.05) is 30.2 Å². The molecule has 2 amide bonds. The zero-order valence-electron chi connectivity index (χ0n) is 16.3. The first kappa shape index (κ1) is 19.9. The van der Waals surface area contributed by atoms with Gasteiger partial charge >= 0.3 is 0 Å². The summed E-state index contributed by atoms with van der Waals surface area (Å²) in [4.78, 5) is 25.7. The van der Waals surface area contributed by atoms with Gasteiger partial charge in [0.15, 0.2) is 0 Å². The van der Waals surface area contributed by atoms with Crippen LogP contribution in [0.5, 0.6) is 0 Å². The Labute approximate surface area is 174 Å². The van der Waals surface area contributed by atoms with E-state index < -0.39 is 0 Å². The van der Waals surface area contributed by atoms with Gasteiger partial charge in [-0.3, -0.25) is 9.59 Å². The molecule has 2 aliphatic rings. The summed E-state index contributed by atoms with van der Waals surface area (Å²) in [5.74, 6) is 0.488. The van der Waals surface area contributed by atoms with Crippen LogP contribution in [0.2, 0.25) is 5.02 Å². The van der Waals surface area contributed by atoms with Crippen LogP contribution in [0.4, 0.5) is 0 Å². The summed E-state index contributed by atoms with van der Waals surface area (Å²) >= 11 is 6.02. The second kappa shape index (κ2) is 8.14. The fraction of sp³-hybridized carbons (Fsp3) is 0.524. The summed E-state index contributed by atoms with van der Waals surface area (Å²) in [6.07, 6.45) is 5.23. The van der Waals surface area contributed by atoms with Crippen molar-refractivity contribution in [1.29, 1.82) is 0 Å². The van der Waals surface area contributed by atoms with E-state index in [4.69, 9.17) is 21.8 Å². The molecule has 1 aromatic carbocycles. The van der Waals surface area contributed by atoms with Crippen LogP contribution in [0, 0.1) is 5.92 Å². The second-order valence-electron chi connectivity index (χ2n) is 8.02. The van der Waals surface area contributed by atoms with Gasteiger partial charge < -0.3 is 15.1 Å². The van der Waals surface area contributed by atoms with Crippen molar-refractivity contribution in [3.8, 4) is 0 Å². The number of aryl methyl sites for hydroxylation is 1. The molecule has 1 saturated heterocycles. The first-order valence-corrected chi connectivity index (χ1v) is 10.5. The number of piperidine rings is 1. The number of carbonyl (C=O) groups is 2. The highest BCUT2D eigenvalue weighted by Gasteiger charge is 2.45. The van der Waals surface area contributed by atoms with Crippen LogP contribution < -0.4 is 5.73 Å². The Balaban J connectivity index is 1.40. The average Bonchev–Trinajstić information content (AvgIpc) is 3.16. The molecule has 29 heavy (non-hydrogen) atoms. The van der Waals surface area contributed by atoms with E-state index in [0.29, 0.717) is 36.3 Å². The third-order valence-corrected chi connectivity index (χ3v) is 6.46. The number of carbonyl (C=O) groups excluding carboxylic acids is 2. The number of amides is 2. The number of halogens is 1. The first-order valence-electron chi connectivity index (χ1n) is 10.1. The molecule has 2 aromatic rings. The van der Waals surface area contributed by atoms with Crippen LogP contribution in [0.1, 0.15) is 55.9 Å². The molecule has 1 saturated carbocycles. The number of rotatable bonds is 6. The Morgan fingerprint density at radius 3 is 2.62 bits per heavy atom. The Bertz CT molecular complexity index is 892. The van der Waals surface area contributed by atoms with E-state index in [9.17, 15) is 9.59 Å². The van der Waals surface area contributed by atoms with Gasteiger partial charge in [0.25, 0.3) is 0 Å². The fourth-order valence-electron chi connectivity index (χ4n) is 4.28. The maximum atomic E-state index is 12.5. The topological polar surface area (TPSA) is 102 Å². The van der Waals surface area contributed by atoms with E-state index in [0.717, 1.165) is 37.7 Å². The third kappa shape index (κ3) is 4.01. The second-order valence-corrected chi connectivity index (χ2v) is 8.46. The number of aromatic nitrogens is 2. The smallest absolute Gasteiger partial charge is 0.227 e. The van der Waals surface area contributed by atoms with Crippen LogP contribution >= 0.6 is 11.6 Å². The molecule has 2 heterocycles. The molecule has 2 fully saturated rings.